The third kappa shape index (κ3) is 3.90. The molecule has 126 valence electrons. The number of aryl methyl sites for hydroxylation is 1. The minimum Gasteiger partial charge on any atom is -0.369 e. The number of alkyl halides is 3. The molecule has 0 atom stereocenters. The Balaban J connectivity index is 1.56. The van der Waals surface area contributed by atoms with Crippen LogP contribution in [0, 0.1) is 0 Å². The van der Waals surface area contributed by atoms with Crippen molar-refractivity contribution >= 4 is 16.9 Å². The highest BCUT2D eigenvalue weighted by Crippen LogP contribution is 2.27. The van der Waals surface area contributed by atoms with E-state index in [-0.39, 0.29) is 12.1 Å². The largest absolute Gasteiger partial charge is 0.411 e. The van der Waals surface area contributed by atoms with E-state index in [0.717, 1.165) is 23.9 Å². The van der Waals surface area contributed by atoms with Gasteiger partial charge in [0.05, 0.1) is 17.7 Å². The molecule has 0 aliphatic heterocycles. The van der Waals surface area contributed by atoms with Crippen molar-refractivity contribution < 1.29 is 17.9 Å². The van der Waals surface area contributed by atoms with Gasteiger partial charge in [0, 0.05) is 13.1 Å². The van der Waals surface area contributed by atoms with Gasteiger partial charge in [-0.15, -0.1) is 0 Å². The first kappa shape index (κ1) is 16.0. The summed E-state index contributed by atoms with van der Waals surface area (Å²) in [6.45, 7) is -1.17. The van der Waals surface area contributed by atoms with Gasteiger partial charge < -0.3 is 10.1 Å². The minimum atomic E-state index is -4.26. The van der Waals surface area contributed by atoms with Crippen LogP contribution in [0.1, 0.15) is 25.7 Å². The topological polar surface area (TPSA) is 64.9 Å². The smallest absolute Gasteiger partial charge is 0.369 e. The fourth-order valence-corrected chi connectivity index (χ4v) is 2.86. The number of rotatable bonds is 4. The Labute approximate surface area is 131 Å². The zero-order valence-corrected chi connectivity index (χ0v) is 12.7. The van der Waals surface area contributed by atoms with E-state index < -0.39 is 12.8 Å². The summed E-state index contributed by atoms with van der Waals surface area (Å²) in [4.78, 5) is 8.42. The Morgan fingerprint density at radius 1 is 1.26 bits per heavy atom. The molecule has 0 saturated heterocycles. The number of halogens is 3. The van der Waals surface area contributed by atoms with Crippen LogP contribution in [0.2, 0.25) is 0 Å². The molecular formula is C14H18F3N5O. The number of hydrogen-bond donors (Lipinski definition) is 1. The molecule has 2 aromatic heterocycles. The average molecular weight is 329 g/mol. The summed E-state index contributed by atoms with van der Waals surface area (Å²) in [7, 11) is 1.81. The lowest BCUT2D eigenvalue weighted by Crippen LogP contribution is -2.32. The monoisotopic (exact) mass is 329 g/mol. The molecule has 0 bridgehead atoms. The van der Waals surface area contributed by atoms with E-state index in [1.165, 1.54) is 6.33 Å². The Bertz CT molecular complexity index is 664. The van der Waals surface area contributed by atoms with Gasteiger partial charge in [0.1, 0.15) is 18.8 Å². The van der Waals surface area contributed by atoms with E-state index in [1.54, 1.807) is 10.9 Å². The summed E-state index contributed by atoms with van der Waals surface area (Å²) in [6.07, 6.45) is 1.30. The first-order valence-electron chi connectivity index (χ1n) is 7.50. The summed E-state index contributed by atoms with van der Waals surface area (Å²) in [5.74, 6) is 0.711. The molecule has 1 aliphatic carbocycles. The quantitative estimate of drug-likeness (QED) is 0.934. The lowest BCUT2D eigenvalue weighted by Gasteiger charge is -2.29. The normalized spacial score (nSPS) is 22.4. The summed E-state index contributed by atoms with van der Waals surface area (Å²) < 4.78 is 43.1. The van der Waals surface area contributed by atoms with Crippen molar-refractivity contribution in [2.24, 2.45) is 7.05 Å². The summed E-state index contributed by atoms with van der Waals surface area (Å²) in [5.41, 5.74) is 0.740. The van der Waals surface area contributed by atoms with Crippen LogP contribution >= 0.6 is 0 Å². The third-order valence-corrected chi connectivity index (χ3v) is 4.03. The Morgan fingerprint density at radius 3 is 2.70 bits per heavy atom. The maximum atomic E-state index is 12.2. The zero-order chi connectivity index (χ0) is 16.4. The molecule has 0 radical (unpaired) electrons. The van der Waals surface area contributed by atoms with Crippen molar-refractivity contribution in [1.82, 2.24) is 19.7 Å². The van der Waals surface area contributed by atoms with Crippen LogP contribution in [0.25, 0.3) is 11.0 Å². The van der Waals surface area contributed by atoms with Crippen LogP contribution in [-0.4, -0.2) is 44.7 Å². The van der Waals surface area contributed by atoms with E-state index in [0.29, 0.717) is 18.7 Å². The predicted molar refractivity (Wildman–Crippen MR) is 78.0 cm³/mol. The van der Waals surface area contributed by atoms with Crippen molar-refractivity contribution in [3.63, 3.8) is 0 Å². The molecule has 0 spiro atoms. The number of nitrogens with one attached hydrogen (secondary N) is 1. The van der Waals surface area contributed by atoms with Crippen LogP contribution in [-0.2, 0) is 11.8 Å². The first-order chi connectivity index (χ1) is 10.9. The first-order valence-corrected chi connectivity index (χ1v) is 7.50. The number of ether oxygens (including phenoxy) is 1. The maximum Gasteiger partial charge on any atom is 0.411 e. The van der Waals surface area contributed by atoms with Crippen LogP contribution in [0.3, 0.4) is 0 Å². The van der Waals surface area contributed by atoms with Crippen LogP contribution in [0.5, 0.6) is 0 Å². The van der Waals surface area contributed by atoms with Crippen LogP contribution in [0.15, 0.2) is 12.5 Å². The molecule has 0 aromatic carbocycles. The molecule has 2 aromatic rings. The number of nitrogens with zero attached hydrogens (tertiary/aromatic N) is 4. The third-order valence-electron chi connectivity index (χ3n) is 4.03. The van der Waals surface area contributed by atoms with Gasteiger partial charge in [-0.05, 0) is 25.7 Å². The van der Waals surface area contributed by atoms with Crippen molar-refractivity contribution in [3.05, 3.63) is 12.5 Å². The summed E-state index contributed by atoms with van der Waals surface area (Å²) in [6, 6.07) is 0.166. The molecule has 9 heteroatoms. The zero-order valence-electron chi connectivity index (χ0n) is 12.7. The highest BCUT2D eigenvalue weighted by atomic mass is 19.4. The van der Waals surface area contributed by atoms with E-state index in [9.17, 15) is 13.2 Å². The Kier molecular flexibility index (Phi) is 4.38. The molecule has 1 N–H and O–H groups in total. The second kappa shape index (κ2) is 6.31. The highest BCUT2D eigenvalue weighted by Gasteiger charge is 2.31. The molecule has 0 unspecified atom stereocenters. The molecular weight excluding hydrogens is 311 g/mol. The number of anilines is 1. The number of fused-ring (bicyclic) bond motifs is 1. The molecule has 1 fully saturated rings. The van der Waals surface area contributed by atoms with Gasteiger partial charge in [0.2, 0.25) is 0 Å². The van der Waals surface area contributed by atoms with Crippen molar-refractivity contribution in [1.29, 1.82) is 0 Å². The van der Waals surface area contributed by atoms with Gasteiger partial charge in [0.15, 0.2) is 5.65 Å². The van der Waals surface area contributed by atoms with Gasteiger partial charge in [0.25, 0.3) is 0 Å². The van der Waals surface area contributed by atoms with Gasteiger partial charge in [-0.3, -0.25) is 4.68 Å². The van der Waals surface area contributed by atoms with Gasteiger partial charge in [-0.25, -0.2) is 9.97 Å². The second-order valence-corrected chi connectivity index (χ2v) is 5.77. The molecule has 1 aliphatic rings. The van der Waals surface area contributed by atoms with Crippen molar-refractivity contribution in [2.75, 3.05) is 11.9 Å². The van der Waals surface area contributed by atoms with Gasteiger partial charge in [-0.2, -0.15) is 18.3 Å². The lowest BCUT2D eigenvalue weighted by atomic mass is 9.93. The SMILES string of the molecule is Cn1ncc2c(NC3CCC(OCC(F)(F)F)CC3)ncnc21. The van der Waals surface area contributed by atoms with Crippen LogP contribution in [0.4, 0.5) is 19.0 Å². The predicted octanol–water partition coefficient (Wildman–Crippen LogP) is 2.67. The highest BCUT2D eigenvalue weighted by molar-refractivity contribution is 5.86. The van der Waals surface area contributed by atoms with Crippen molar-refractivity contribution in [2.45, 2.75) is 44.0 Å². The number of aromatic nitrogens is 4. The molecule has 1 saturated carbocycles. The lowest BCUT2D eigenvalue weighted by molar-refractivity contribution is -0.187. The van der Waals surface area contributed by atoms with E-state index >= 15 is 0 Å². The standard InChI is InChI=1S/C14H18F3N5O/c1-22-13-11(6-20-22)12(18-8-19-13)21-9-2-4-10(5-3-9)23-7-14(15,16)17/h6,8-10H,2-5,7H2,1H3,(H,18,19,21). The average Bonchev–Trinajstić information content (AvgIpc) is 2.89. The molecule has 23 heavy (non-hydrogen) atoms. The minimum absolute atomic E-state index is 0.166. The molecule has 3 rings (SSSR count). The molecule has 2 heterocycles. The van der Waals surface area contributed by atoms with Crippen LogP contribution < -0.4 is 5.32 Å². The maximum absolute atomic E-state index is 12.2. The summed E-state index contributed by atoms with van der Waals surface area (Å²) >= 11 is 0. The molecule has 6 nitrogen and oxygen atoms in total. The van der Waals surface area contributed by atoms with E-state index in [4.69, 9.17) is 4.74 Å². The fraction of sp³-hybridized carbons (Fsp3) is 0.643. The van der Waals surface area contributed by atoms with Gasteiger partial charge >= 0.3 is 6.18 Å². The van der Waals surface area contributed by atoms with E-state index in [2.05, 4.69) is 20.4 Å². The Hall–Kier alpha value is -1.90. The molecule has 0 amide bonds. The van der Waals surface area contributed by atoms with E-state index in [1.807, 2.05) is 7.05 Å². The van der Waals surface area contributed by atoms with Crippen molar-refractivity contribution in [3.8, 4) is 0 Å². The second-order valence-electron chi connectivity index (χ2n) is 5.77. The summed E-state index contributed by atoms with van der Waals surface area (Å²) in [5, 5.41) is 8.34. The Morgan fingerprint density at radius 2 is 2.00 bits per heavy atom. The number of hydrogen-bond acceptors (Lipinski definition) is 5. The van der Waals surface area contributed by atoms with Gasteiger partial charge in [-0.1, -0.05) is 0 Å². The fourth-order valence-electron chi connectivity index (χ4n) is 2.86.